The maximum atomic E-state index is 11.3. The van der Waals surface area contributed by atoms with Crippen LogP contribution in [-0.4, -0.2) is 17.0 Å². The molecule has 0 unspecified atom stereocenters. The maximum absolute atomic E-state index is 11.3. The lowest BCUT2D eigenvalue weighted by Gasteiger charge is -2.28. The highest BCUT2D eigenvalue weighted by molar-refractivity contribution is 5.83. The molecule has 2 nitrogen and oxygen atoms in total. The van der Waals surface area contributed by atoms with Gasteiger partial charge in [-0.05, 0) is 38.5 Å². The zero-order chi connectivity index (χ0) is 8.06. The van der Waals surface area contributed by atoms with Crippen molar-refractivity contribution in [3.8, 4) is 0 Å². The Labute approximate surface area is 66.6 Å². The van der Waals surface area contributed by atoms with Crippen LogP contribution in [0.1, 0.15) is 32.6 Å². The molecule has 11 heavy (non-hydrogen) atoms. The Kier molecular flexibility index (Phi) is 1.37. The lowest BCUT2D eigenvalue weighted by Crippen LogP contribution is -2.36. The quantitative estimate of drug-likeness (QED) is 0.614. The Balaban J connectivity index is 2.29. The molecule has 0 spiro atoms. The molecule has 0 radical (unpaired) electrons. The van der Waals surface area contributed by atoms with E-state index in [9.17, 15) is 9.90 Å². The molecule has 0 heterocycles. The van der Waals surface area contributed by atoms with Gasteiger partial charge in [0.05, 0.1) is 11.5 Å². The predicted octanol–water partition coefficient (Wildman–Crippen LogP) is 1.13. The molecule has 2 rings (SSSR count). The van der Waals surface area contributed by atoms with Gasteiger partial charge in [0.25, 0.3) is 0 Å². The summed E-state index contributed by atoms with van der Waals surface area (Å²) in [5.74, 6) is 0.832. The standard InChI is InChI=1S/C9H14O2/c1-6(10)9-3-2-7(5-9)4-8(9)11/h7-8,11H,2-5H2,1H3/t7-,8-,9-/m1/s1. The maximum Gasteiger partial charge on any atom is 0.138 e. The minimum Gasteiger partial charge on any atom is -0.392 e. The molecule has 0 aliphatic heterocycles. The van der Waals surface area contributed by atoms with Crippen LogP contribution in [0.3, 0.4) is 0 Å². The number of hydrogen-bond acceptors (Lipinski definition) is 2. The zero-order valence-corrected chi connectivity index (χ0v) is 6.84. The van der Waals surface area contributed by atoms with Crippen LogP contribution < -0.4 is 0 Å². The summed E-state index contributed by atoms with van der Waals surface area (Å²) >= 11 is 0. The van der Waals surface area contributed by atoms with Crippen LogP contribution in [0.2, 0.25) is 0 Å². The van der Waals surface area contributed by atoms with Crippen molar-refractivity contribution in [1.29, 1.82) is 0 Å². The molecule has 0 aromatic heterocycles. The molecule has 0 aromatic carbocycles. The number of carbonyl (C=O) groups excluding carboxylic acids is 1. The van der Waals surface area contributed by atoms with Crippen LogP contribution >= 0.6 is 0 Å². The van der Waals surface area contributed by atoms with Crippen molar-refractivity contribution in [3.05, 3.63) is 0 Å². The SMILES string of the molecule is CC(=O)[C@]12CC[C@H](C[C@H]1O)C2. The van der Waals surface area contributed by atoms with Gasteiger partial charge in [0.1, 0.15) is 5.78 Å². The first kappa shape index (κ1) is 7.29. The summed E-state index contributed by atoms with van der Waals surface area (Å²) in [5, 5.41) is 9.62. The largest absolute Gasteiger partial charge is 0.392 e. The minimum atomic E-state index is -0.334. The molecule has 62 valence electrons. The van der Waals surface area contributed by atoms with Crippen LogP contribution in [-0.2, 0) is 4.79 Å². The second kappa shape index (κ2) is 2.07. The van der Waals surface area contributed by atoms with Crippen LogP contribution in [0.25, 0.3) is 0 Å². The van der Waals surface area contributed by atoms with Gasteiger partial charge in [0.15, 0.2) is 0 Å². The van der Waals surface area contributed by atoms with E-state index in [2.05, 4.69) is 0 Å². The molecule has 2 bridgehead atoms. The van der Waals surface area contributed by atoms with Gasteiger partial charge in [-0.2, -0.15) is 0 Å². The summed E-state index contributed by atoms with van der Waals surface area (Å²) in [4.78, 5) is 11.3. The smallest absolute Gasteiger partial charge is 0.138 e. The minimum absolute atomic E-state index is 0.199. The van der Waals surface area contributed by atoms with Crippen molar-refractivity contribution in [1.82, 2.24) is 0 Å². The number of hydrogen-bond donors (Lipinski definition) is 1. The van der Waals surface area contributed by atoms with Gasteiger partial charge >= 0.3 is 0 Å². The Hall–Kier alpha value is -0.370. The van der Waals surface area contributed by atoms with E-state index in [0.717, 1.165) is 25.7 Å². The number of fused-ring (bicyclic) bond motifs is 2. The Morgan fingerprint density at radius 3 is 2.64 bits per heavy atom. The monoisotopic (exact) mass is 154 g/mol. The van der Waals surface area contributed by atoms with E-state index in [1.54, 1.807) is 6.92 Å². The van der Waals surface area contributed by atoms with Crippen LogP contribution in [0.5, 0.6) is 0 Å². The third kappa shape index (κ3) is 0.791. The molecule has 3 atom stereocenters. The van der Waals surface area contributed by atoms with Crippen molar-refractivity contribution in [2.24, 2.45) is 11.3 Å². The Bertz CT molecular complexity index is 200. The number of ketones is 1. The fourth-order valence-corrected chi connectivity index (χ4v) is 2.78. The molecule has 2 aliphatic rings. The zero-order valence-electron chi connectivity index (χ0n) is 6.84. The predicted molar refractivity (Wildman–Crippen MR) is 41.1 cm³/mol. The van der Waals surface area contributed by atoms with Gasteiger partial charge in [-0.15, -0.1) is 0 Å². The molecular weight excluding hydrogens is 140 g/mol. The molecular formula is C9H14O2. The van der Waals surface area contributed by atoms with Crippen molar-refractivity contribution in [3.63, 3.8) is 0 Å². The van der Waals surface area contributed by atoms with Crippen LogP contribution in [0.15, 0.2) is 0 Å². The fourth-order valence-electron chi connectivity index (χ4n) is 2.78. The summed E-state index contributed by atoms with van der Waals surface area (Å²) in [6.07, 6.45) is 3.55. The Morgan fingerprint density at radius 1 is 1.64 bits per heavy atom. The summed E-state index contributed by atoms with van der Waals surface area (Å²) < 4.78 is 0. The Morgan fingerprint density at radius 2 is 2.36 bits per heavy atom. The van der Waals surface area contributed by atoms with Gasteiger partial charge in [0, 0.05) is 0 Å². The molecule has 2 heteroatoms. The summed E-state index contributed by atoms with van der Waals surface area (Å²) in [5.41, 5.74) is -0.315. The first-order valence-corrected chi connectivity index (χ1v) is 4.34. The van der Waals surface area contributed by atoms with Crippen LogP contribution in [0.4, 0.5) is 0 Å². The summed E-state index contributed by atoms with van der Waals surface area (Å²) in [7, 11) is 0. The van der Waals surface area contributed by atoms with E-state index in [1.165, 1.54) is 0 Å². The normalized spacial score (nSPS) is 48.2. The van der Waals surface area contributed by atoms with Gasteiger partial charge in [-0.1, -0.05) is 0 Å². The summed E-state index contributed by atoms with van der Waals surface area (Å²) in [6.45, 7) is 1.62. The van der Waals surface area contributed by atoms with Crippen molar-refractivity contribution >= 4 is 5.78 Å². The van der Waals surface area contributed by atoms with Gasteiger partial charge < -0.3 is 5.11 Å². The fraction of sp³-hybridized carbons (Fsp3) is 0.889. The number of Topliss-reactive ketones (excluding diaryl/α,β-unsaturated/α-hetero) is 1. The average molecular weight is 154 g/mol. The second-order valence-corrected chi connectivity index (χ2v) is 4.07. The average Bonchev–Trinajstić information content (AvgIpc) is 2.43. The molecule has 0 aromatic rings. The third-order valence-electron chi connectivity index (χ3n) is 3.55. The van der Waals surface area contributed by atoms with E-state index in [1.807, 2.05) is 0 Å². The third-order valence-corrected chi connectivity index (χ3v) is 3.55. The van der Waals surface area contributed by atoms with Crippen LogP contribution in [0, 0.1) is 11.3 Å². The number of rotatable bonds is 1. The molecule has 1 N–H and O–H groups in total. The van der Waals surface area contributed by atoms with E-state index < -0.39 is 0 Å². The number of aliphatic hydroxyl groups is 1. The molecule has 2 aliphatic carbocycles. The van der Waals surface area contributed by atoms with Gasteiger partial charge in [-0.25, -0.2) is 0 Å². The first-order chi connectivity index (χ1) is 5.15. The summed E-state index contributed by atoms with van der Waals surface area (Å²) in [6, 6.07) is 0. The highest BCUT2D eigenvalue weighted by Crippen LogP contribution is 2.54. The lowest BCUT2D eigenvalue weighted by molar-refractivity contribution is -0.131. The van der Waals surface area contributed by atoms with E-state index >= 15 is 0 Å². The van der Waals surface area contributed by atoms with E-state index in [0.29, 0.717) is 5.92 Å². The second-order valence-electron chi connectivity index (χ2n) is 4.07. The van der Waals surface area contributed by atoms with E-state index in [-0.39, 0.29) is 17.3 Å². The molecule has 2 fully saturated rings. The highest BCUT2D eigenvalue weighted by atomic mass is 16.3. The number of carbonyl (C=O) groups is 1. The highest BCUT2D eigenvalue weighted by Gasteiger charge is 2.54. The number of aliphatic hydroxyl groups excluding tert-OH is 1. The lowest BCUT2D eigenvalue weighted by atomic mass is 9.78. The van der Waals surface area contributed by atoms with Crippen molar-refractivity contribution < 1.29 is 9.90 Å². The van der Waals surface area contributed by atoms with E-state index in [4.69, 9.17) is 0 Å². The topological polar surface area (TPSA) is 37.3 Å². The first-order valence-electron chi connectivity index (χ1n) is 4.34. The molecule has 0 saturated heterocycles. The van der Waals surface area contributed by atoms with Gasteiger partial charge in [0.2, 0.25) is 0 Å². The van der Waals surface area contributed by atoms with Gasteiger partial charge in [-0.3, -0.25) is 4.79 Å². The van der Waals surface area contributed by atoms with Crippen molar-refractivity contribution in [2.45, 2.75) is 38.7 Å². The molecule has 0 amide bonds. The molecule has 2 saturated carbocycles. The van der Waals surface area contributed by atoms with Crippen molar-refractivity contribution in [2.75, 3.05) is 0 Å².